The van der Waals surface area contributed by atoms with Crippen LogP contribution in [0.3, 0.4) is 0 Å². The van der Waals surface area contributed by atoms with Crippen LogP contribution in [0.4, 0.5) is 5.69 Å². The first-order chi connectivity index (χ1) is 10.8. The van der Waals surface area contributed by atoms with E-state index in [1.165, 1.54) is 30.0 Å². The molecule has 0 fully saturated rings. The summed E-state index contributed by atoms with van der Waals surface area (Å²) in [4.78, 5) is 23.1. The van der Waals surface area contributed by atoms with Crippen LogP contribution >= 0.6 is 15.9 Å². The molecule has 0 radical (unpaired) electrons. The van der Waals surface area contributed by atoms with Gasteiger partial charge in [0.05, 0.1) is 29.6 Å². The Labute approximate surface area is 140 Å². The summed E-state index contributed by atoms with van der Waals surface area (Å²) >= 11 is 3.30. The zero-order valence-electron chi connectivity index (χ0n) is 12.3. The highest BCUT2D eigenvalue weighted by atomic mass is 79.9. The molecule has 0 aliphatic rings. The van der Waals surface area contributed by atoms with Crippen molar-refractivity contribution in [3.05, 3.63) is 45.2 Å². The number of hydrogen-bond donors (Lipinski definition) is 2. The maximum Gasteiger partial charge on any atom is 0.357 e. The highest BCUT2D eigenvalue weighted by Gasteiger charge is 2.24. The van der Waals surface area contributed by atoms with Crippen molar-refractivity contribution >= 4 is 33.6 Å². The summed E-state index contributed by atoms with van der Waals surface area (Å²) in [6, 6.07) is 4.78. The standard InChI is InChI=1S/C15H12BrN3O4/c1-7-3-8(14(20)21)4-10(16)12(7)19-6-9(5-17)11(18)13(19)15(22)23-2/h3-4,6H,18H2,1-2H3,(H,20,21). The van der Waals surface area contributed by atoms with Crippen molar-refractivity contribution in [2.24, 2.45) is 0 Å². The molecular weight excluding hydrogens is 366 g/mol. The molecule has 0 spiro atoms. The molecule has 0 bridgehead atoms. The topological polar surface area (TPSA) is 118 Å². The highest BCUT2D eigenvalue weighted by Crippen LogP contribution is 2.32. The normalized spacial score (nSPS) is 10.2. The number of carboxylic acids is 1. The van der Waals surface area contributed by atoms with E-state index in [9.17, 15) is 9.59 Å². The Morgan fingerprint density at radius 1 is 1.43 bits per heavy atom. The largest absolute Gasteiger partial charge is 0.478 e. The van der Waals surface area contributed by atoms with Crippen LogP contribution in [-0.2, 0) is 4.74 Å². The van der Waals surface area contributed by atoms with Crippen LogP contribution < -0.4 is 5.73 Å². The second kappa shape index (κ2) is 6.14. The highest BCUT2D eigenvalue weighted by molar-refractivity contribution is 9.10. The fourth-order valence-corrected chi connectivity index (χ4v) is 3.01. The number of methoxy groups -OCH3 is 1. The predicted octanol–water partition coefficient (Wildman–Crippen LogP) is 2.49. The molecule has 0 amide bonds. The first kappa shape index (κ1) is 16.6. The van der Waals surface area contributed by atoms with Gasteiger partial charge in [-0.1, -0.05) is 0 Å². The molecule has 7 nitrogen and oxygen atoms in total. The van der Waals surface area contributed by atoms with Gasteiger partial charge in [-0.15, -0.1) is 0 Å². The van der Waals surface area contributed by atoms with Gasteiger partial charge in [0.1, 0.15) is 6.07 Å². The molecular formula is C15H12BrN3O4. The smallest absolute Gasteiger partial charge is 0.357 e. The average molecular weight is 378 g/mol. The first-order valence-corrected chi connectivity index (χ1v) is 7.14. The Hall–Kier alpha value is -2.79. The van der Waals surface area contributed by atoms with E-state index in [4.69, 9.17) is 20.8 Å². The molecule has 1 aromatic carbocycles. The number of hydrogen-bond acceptors (Lipinski definition) is 5. The fraction of sp³-hybridized carbons (Fsp3) is 0.133. The molecule has 0 aliphatic carbocycles. The maximum absolute atomic E-state index is 12.0. The number of benzene rings is 1. The van der Waals surface area contributed by atoms with Crippen LogP contribution in [0.15, 0.2) is 22.8 Å². The number of ether oxygens (including phenoxy) is 1. The predicted molar refractivity (Wildman–Crippen MR) is 85.6 cm³/mol. The number of anilines is 1. The van der Waals surface area contributed by atoms with E-state index >= 15 is 0 Å². The lowest BCUT2D eigenvalue weighted by Crippen LogP contribution is -2.12. The van der Waals surface area contributed by atoms with Crippen molar-refractivity contribution in [3.8, 4) is 11.8 Å². The summed E-state index contributed by atoms with van der Waals surface area (Å²) in [5.74, 6) is -1.77. The number of nitriles is 1. The molecule has 0 saturated heterocycles. The van der Waals surface area contributed by atoms with Gasteiger partial charge >= 0.3 is 11.9 Å². The van der Waals surface area contributed by atoms with Gasteiger partial charge < -0.3 is 20.1 Å². The lowest BCUT2D eigenvalue weighted by Gasteiger charge is -2.14. The molecule has 0 atom stereocenters. The second-order valence-electron chi connectivity index (χ2n) is 4.71. The van der Waals surface area contributed by atoms with Crippen molar-refractivity contribution in [1.82, 2.24) is 4.57 Å². The number of esters is 1. The lowest BCUT2D eigenvalue weighted by atomic mass is 10.1. The van der Waals surface area contributed by atoms with Crippen molar-refractivity contribution in [2.75, 3.05) is 12.8 Å². The number of carbonyl (C=O) groups is 2. The van der Waals surface area contributed by atoms with Gasteiger partial charge in [0.15, 0.2) is 5.69 Å². The zero-order valence-corrected chi connectivity index (χ0v) is 13.8. The maximum atomic E-state index is 12.0. The van der Waals surface area contributed by atoms with Gasteiger partial charge in [-0.05, 0) is 40.5 Å². The van der Waals surface area contributed by atoms with E-state index in [0.717, 1.165) is 0 Å². The second-order valence-corrected chi connectivity index (χ2v) is 5.56. The van der Waals surface area contributed by atoms with Crippen LogP contribution in [0, 0.1) is 18.3 Å². The molecule has 2 rings (SSSR count). The van der Waals surface area contributed by atoms with E-state index in [0.29, 0.717) is 15.7 Å². The van der Waals surface area contributed by atoms with Crippen molar-refractivity contribution in [2.45, 2.75) is 6.92 Å². The Balaban J connectivity index is 2.80. The van der Waals surface area contributed by atoms with Crippen molar-refractivity contribution in [1.29, 1.82) is 5.26 Å². The number of halogens is 1. The van der Waals surface area contributed by atoms with Gasteiger partial charge in [-0.25, -0.2) is 9.59 Å². The van der Waals surface area contributed by atoms with Crippen molar-refractivity contribution < 1.29 is 19.4 Å². The third-order valence-electron chi connectivity index (χ3n) is 3.29. The Kier molecular flexibility index (Phi) is 4.43. The van der Waals surface area contributed by atoms with Gasteiger partial charge in [0, 0.05) is 10.7 Å². The summed E-state index contributed by atoms with van der Waals surface area (Å²) in [5.41, 5.74) is 7.18. The van der Waals surface area contributed by atoms with E-state index in [1.807, 2.05) is 6.07 Å². The van der Waals surface area contributed by atoms with Gasteiger partial charge in [0.2, 0.25) is 0 Å². The molecule has 23 heavy (non-hydrogen) atoms. The molecule has 0 unspecified atom stereocenters. The molecule has 1 heterocycles. The number of nitrogens with two attached hydrogens (primary N) is 1. The summed E-state index contributed by atoms with van der Waals surface area (Å²) in [7, 11) is 1.21. The lowest BCUT2D eigenvalue weighted by molar-refractivity contribution is 0.0592. The number of aryl methyl sites for hydroxylation is 1. The van der Waals surface area contributed by atoms with Crippen molar-refractivity contribution in [3.63, 3.8) is 0 Å². The fourth-order valence-electron chi connectivity index (χ4n) is 2.26. The Bertz CT molecular complexity index is 841. The number of carbonyl (C=O) groups excluding carboxylic acids is 1. The third-order valence-corrected chi connectivity index (χ3v) is 3.89. The summed E-state index contributed by atoms with van der Waals surface area (Å²) in [5, 5.41) is 18.2. The number of rotatable bonds is 3. The van der Waals surface area contributed by atoms with E-state index in [2.05, 4.69) is 15.9 Å². The molecule has 3 N–H and O–H groups in total. The minimum Gasteiger partial charge on any atom is -0.478 e. The van der Waals surface area contributed by atoms with Gasteiger partial charge in [-0.2, -0.15) is 5.26 Å². The molecule has 0 saturated carbocycles. The summed E-state index contributed by atoms with van der Waals surface area (Å²) in [6.45, 7) is 1.69. The molecule has 118 valence electrons. The van der Waals surface area contributed by atoms with E-state index in [-0.39, 0.29) is 22.5 Å². The van der Waals surface area contributed by atoms with E-state index in [1.54, 1.807) is 6.92 Å². The number of nitrogen functional groups attached to an aromatic ring is 1. The monoisotopic (exact) mass is 377 g/mol. The molecule has 1 aromatic heterocycles. The van der Waals surface area contributed by atoms with Gasteiger partial charge in [-0.3, -0.25) is 0 Å². The number of aromatic nitrogens is 1. The van der Waals surface area contributed by atoms with E-state index < -0.39 is 11.9 Å². The van der Waals surface area contributed by atoms with Crippen LogP contribution in [-0.4, -0.2) is 28.7 Å². The Morgan fingerprint density at radius 3 is 2.57 bits per heavy atom. The summed E-state index contributed by atoms with van der Waals surface area (Å²) in [6.07, 6.45) is 1.41. The molecule has 8 heteroatoms. The third kappa shape index (κ3) is 2.78. The average Bonchev–Trinajstić information content (AvgIpc) is 2.82. The zero-order chi connectivity index (χ0) is 17.3. The minimum absolute atomic E-state index is 0.00737. The molecule has 2 aromatic rings. The number of aromatic carboxylic acids is 1. The molecule has 0 aliphatic heterocycles. The first-order valence-electron chi connectivity index (χ1n) is 6.34. The number of carboxylic acid groups (broad SMARTS) is 1. The van der Waals surface area contributed by atoms with Crippen LogP contribution in [0.5, 0.6) is 0 Å². The van der Waals surface area contributed by atoms with Crippen LogP contribution in [0.25, 0.3) is 5.69 Å². The summed E-state index contributed by atoms with van der Waals surface area (Å²) < 4.78 is 6.59. The Morgan fingerprint density at radius 2 is 2.09 bits per heavy atom. The van der Waals surface area contributed by atoms with Gasteiger partial charge in [0.25, 0.3) is 0 Å². The van der Waals surface area contributed by atoms with Crippen LogP contribution in [0.1, 0.15) is 32.0 Å². The quantitative estimate of drug-likeness (QED) is 0.793. The SMILES string of the molecule is COC(=O)c1c(N)c(C#N)cn1-c1c(C)cc(C(=O)O)cc1Br. The number of nitrogens with zero attached hydrogens (tertiary/aromatic N) is 2. The minimum atomic E-state index is -1.07. The van der Waals surface area contributed by atoms with Crippen LogP contribution in [0.2, 0.25) is 0 Å².